The predicted molar refractivity (Wildman–Crippen MR) is 82.0 cm³/mol. The average molecular weight is 300 g/mol. The molecule has 0 saturated heterocycles. The second-order valence-corrected chi connectivity index (χ2v) is 6.18. The van der Waals surface area contributed by atoms with E-state index in [2.05, 4.69) is 10.6 Å². The Bertz CT molecular complexity index is 432. The SMILES string of the molecule is CSCC[C@@H](C)NC(=O)NC[C@](C)(O)c1ccc(C)o1. The molecule has 20 heavy (non-hydrogen) atoms. The van der Waals surface area contributed by atoms with Gasteiger partial charge in [-0.25, -0.2) is 4.79 Å². The highest BCUT2D eigenvalue weighted by molar-refractivity contribution is 7.98. The second-order valence-electron chi connectivity index (χ2n) is 5.19. The van der Waals surface area contributed by atoms with Crippen molar-refractivity contribution in [3.05, 3.63) is 23.7 Å². The summed E-state index contributed by atoms with van der Waals surface area (Å²) in [6.07, 6.45) is 2.96. The number of aryl methyl sites for hydroxylation is 1. The number of urea groups is 1. The van der Waals surface area contributed by atoms with E-state index in [1.165, 1.54) is 0 Å². The molecule has 0 aromatic carbocycles. The zero-order valence-electron chi connectivity index (χ0n) is 12.5. The van der Waals surface area contributed by atoms with Crippen LogP contribution in [0, 0.1) is 6.92 Å². The first-order chi connectivity index (χ1) is 9.35. The van der Waals surface area contributed by atoms with Crippen LogP contribution >= 0.6 is 11.8 Å². The van der Waals surface area contributed by atoms with Crippen molar-refractivity contribution in [1.29, 1.82) is 0 Å². The predicted octanol–water partition coefficient (Wildman–Crippen LogP) is 2.24. The summed E-state index contributed by atoms with van der Waals surface area (Å²) in [5.74, 6) is 2.19. The van der Waals surface area contributed by atoms with Gasteiger partial charge in [-0.1, -0.05) is 0 Å². The largest absolute Gasteiger partial charge is 0.463 e. The summed E-state index contributed by atoms with van der Waals surface area (Å²) < 4.78 is 5.39. The Balaban J connectivity index is 2.40. The molecule has 0 unspecified atom stereocenters. The van der Waals surface area contributed by atoms with Gasteiger partial charge in [-0.15, -0.1) is 0 Å². The molecule has 3 N–H and O–H groups in total. The molecule has 1 rings (SSSR count). The lowest BCUT2D eigenvalue weighted by atomic mass is 10.0. The van der Waals surface area contributed by atoms with Crippen molar-refractivity contribution in [3.8, 4) is 0 Å². The van der Waals surface area contributed by atoms with Gasteiger partial charge in [-0.3, -0.25) is 0 Å². The van der Waals surface area contributed by atoms with Gasteiger partial charge in [-0.05, 0) is 51.3 Å². The Hall–Kier alpha value is -1.14. The first-order valence-electron chi connectivity index (χ1n) is 6.67. The van der Waals surface area contributed by atoms with Gasteiger partial charge < -0.3 is 20.2 Å². The number of carbonyl (C=O) groups excluding carboxylic acids is 1. The normalized spacial score (nSPS) is 15.4. The summed E-state index contributed by atoms with van der Waals surface area (Å²) in [5, 5.41) is 15.8. The molecule has 0 bridgehead atoms. The van der Waals surface area contributed by atoms with Gasteiger partial charge >= 0.3 is 6.03 Å². The van der Waals surface area contributed by atoms with Crippen LogP contribution in [0.2, 0.25) is 0 Å². The van der Waals surface area contributed by atoms with Crippen LogP contribution in [0.1, 0.15) is 31.8 Å². The fourth-order valence-electron chi connectivity index (χ4n) is 1.71. The Morgan fingerprint density at radius 1 is 1.55 bits per heavy atom. The summed E-state index contributed by atoms with van der Waals surface area (Å²) >= 11 is 1.75. The van der Waals surface area contributed by atoms with Crippen LogP contribution in [-0.4, -0.2) is 35.7 Å². The lowest BCUT2D eigenvalue weighted by Gasteiger charge is -2.22. The Morgan fingerprint density at radius 3 is 2.80 bits per heavy atom. The molecule has 0 aliphatic carbocycles. The topological polar surface area (TPSA) is 74.5 Å². The molecule has 1 heterocycles. The summed E-state index contributed by atoms with van der Waals surface area (Å²) in [7, 11) is 0. The lowest BCUT2D eigenvalue weighted by molar-refractivity contribution is 0.0359. The first kappa shape index (κ1) is 16.9. The van der Waals surface area contributed by atoms with Crippen LogP contribution in [0.3, 0.4) is 0 Å². The number of nitrogens with one attached hydrogen (secondary N) is 2. The van der Waals surface area contributed by atoms with E-state index in [9.17, 15) is 9.90 Å². The third-order valence-electron chi connectivity index (χ3n) is 3.00. The molecule has 5 nitrogen and oxygen atoms in total. The molecule has 0 aliphatic rings. The minimum Gasteiger partial charge on any atom is -0.463 e. The highest BCUT2D eigenvalue weighted by Crippen LogP contribution is 2.21. The van der Waals surface area contributed by atoms with E-state index < -0.39 is 5.60 Å². The van der Waals surface area contributed by atoms with Crippen molar-refractivity contribution in [2.45, 2.75) is 38.8 Å². The van der Waals surface area contributed by atoms with Gasteiger partial charge in [-0.2, -0.15) is 11.8 Å². The quantitative estimate of drug-likeness (QED) is 0.722. The summed E-state index contributed by atoms with van der Waals surface area (Å²) in [4.78, 5) is 11.7. The number of amides is 2. The maximum absolute atomic E-state index is 11.7. The monoisotopic (exact) mass is 300 g/mol. The Kier molecular flexibility index (Phi) is 6.42. The van der Waals surface area contributed by atoms with E-state index in [0.29, 0.717) is 5.76 Å². The van der Waals surface area contributed by atoms with Gasteiger partial charge in [0, 0.05) is 6.04 Å². The van der Waals surface area contributed by atoms with Crippen molar-refractivity contribution in [1.82, 2.24) is 10.6 Å². The molecule has 1 aromatic rings. The fourth-order valence-corrected chi connectivity index (χ4v) is 2.29. The molecular formula is C14H24N2O3S. The number of furan rings is 1. The molecule has 0 saturated carbocycles. The zero-order chi connectivity index (χ0) is 15.2. The molecule has 1 aromatic heterocycles. The smallest absolute Gasteiger partial charge is 0.315 e. The molecule has 2 atom stereocenters. The first-order valence-corrected chi connectivity index (χ1v) is 8.07. The van der Waals surface area contributed by atoms with E-state index in [1.54, 1.807) is 30.8 Å². The third kappa shape index (κ3) is 5.46. The van der Waals surface area contributed by atoms with Crippen LogP contribution in [-0.2, 0) is 5.60 Å². The average Bonchev–Trinajstić information content (AvgIpc) is 2.81. The van der Waals surface area contributed by atoms with Gasteiger partial charge in [0.2, 0.25) is 0 Å². The van der Waals surface area contributed by atoms with Crippen molar-refractivity contribution < 1.29 is 14.3 Å². The molecule has 6 heteroatoms. The number of rotatable bonds is 7. The van der Waals surface area contributed by atoms with Crippen LogP contribution in [0.5, 0.6) is 0 Å². The Morgan fingerprint density at radius 2 is 2.25 bits per heavy atom. The van der Waals surface area contributed by atoms with E-state index in [4.69, 9.17) is 4.42 Å². The van der Waals surface area contributed by atoms with Crippen molar-refractivity contribution in [2.24, 2.45) is 0 Å². The van der Waals surface area contributed by atoms with E-state index in [1.807, 2.05) is 20.1 Å². The van der Waals surface area contributed by atoms with Gasteiger partial charge in [0.1, 0.15) is 17.1 Å². The van der Waals surface area contributed by atoms with E-state index in [-0.39, 0.29) is 18.6 Å². The third-order valence-corrected chi connectivity index (χ3v) is 3.64. The van der Waals surface area contributed by atoms with Crippen LogP contribution in [0.4, 0.5) is 4.79 Å². The van der Waals surface area contributed by atoms with E-state index in [0.717, 1.165) is 17.9 Å². The van der Waals surface area contributed by atoms with Crippen LogP contribution < -0.4 is 10.6 Å². The highest BCUT2D eigenvalue weighted by Gasteiger charge is 2.27. The van der Waals surface area contributed by atoms with Crippen LogP contribution in [0.25, 0.3) is 0 Å². The minimum atomic E-state index is -1.21. The van der Waals surface area contributed by atoms with Crippen molar-refractivity contribution in [3.63, 3.8) is 0 Å². The Labute approximate surface area is 124 Å². The van der Waals surface area contributed by atoms with E-state index >= 15 is 0 Å². The maximum Gasteiger partial charge on any atom is 0.315 e. The van der Waals surface area contributed by atoms with Crippen molar-refractivity contribution >= 4 is 17.8 Å². The lowest BCUT2D eigenvalue weighted by Crippen LogP contribution is -2.46. The zero-order valence-corrected chi connectivity index (χ0v) is 13.3. The summed E-state index contributed by atoms with van der Waals surface area (Å²) in [6.45, 7) is 5.49. The number of aliphatic hydroxyl groups is 1. The minimum absolute atomic E-state index is 0.0982. The number of carbonyl (C=O) groups is 1. The second kappa shape index (κ2) is 7.59. The fraction of sp³-hybridized carbons (Fsp3) is 0.643. The molecule has 0 aliphatic heterocycles. The maximum atomic E-state index is 11.7. The van der Waals surface area contributed by atoms with Gasteiger partial charge in [0.05, 0.1) is 6.54 Å². The summed E-state index contributed by atoms with van der Waals surface area (Å²) in [6, 6.07) is 3.34. The van der Waals surface area contributed by atoms with Gasteiger partial charge in [0.15, 0.2) is 0 Å². The number of hydrogen-bond donors (Lipinski definition) is 3. The molecule has 0 fully saturated rings. The van der Waals surface area contributed by atoms with Gasteiger partial charge in [0.25, 0.3) is 0 Å². The molecular weight excluding hydrogens is 276 g/mol. The number of thioether (sulfide) groups is 1. The highest BCUT2D eigenvalue weighted by atomic mass is 32.2. The molecule has 0 radical (unpaired) electrons. The van der Waals surface area contributed by atoms with Crippen LogP contribution in [0.15, 0.2) is 16.5 Å². The molecule has 2 amide bonds. The van der Waals surface area contributed by atoms with Crippen molar-refractivity contribution in [2.75, 3.05) is 18.6 Å². The standard InChI is InChI=1S/C14H24N2O3S/c1-10(7-8-20-4)16-13(17)15-9-14(3,18)12-6-5-11(2)19-12/h5-6,10,18H,7-9H2,1-4H3,(H2,15,16,17)/t10-,14+/m1/s1. The summed E-state index contributed by atoms with van der Waals surface area (Å²) in [5.41, 5.74) is -1.21. The molecule has 0 spiro atoms. The number of hydrogen-bond acceptors (Lipinski definition) is 4. The molecule has 114 valence electrons.